The Kier molecular flexibility index (Phi) is 8.10. The standard InChI is InChI=1S/C14H24N2O6S2/c1-7(17)15-9(11(19)20)13(3,4)23-24-14(5,6)10(12(21)22)16-8(2)18/h9-10H,1-6H3,(H,15,17)(H,16,18)(H,19,20)(H,21,22)/t9-,10-/m0/s1. The lowest BCUT2D eigenvalue weighted by Crippen LogP contribution is -2.53. The molecule has 0 aliphatic rings. The lowest BCUT2D eigenvalue weighted by atomic mass is 10.0. The second-order valence-electron chi connectivity index (χ2n) is 6.32. The van der Waals surface area contributed by atoms with Crippen LogP contribution in [0.5, 0.6) is 0 Å². The number of rotatable bonds is 9. The third kappa shape index (κ3) is 7.00. The number of nitrogens with one attached hydrogen (secondary N) is 2. The summed E-state index contributed by atoms with van der Waals surface area (Å²) in [5.41, 5.74) is 0. The maximum absolute atomic E-state index is 11.4. The van der Waals surface area contributed by atoms with Gasteiger partial charge in [0.25, 0.3) is 0 Å². The highest BCUT2D eigenvalue weighted by Gasteiger charge is 2.42. The van der Waals surface area contributed by atoms with Crippen LogP contribution in [0.3, 0.4) is 0 Å². The van der Waals surface area contributed by atoms with Crippen LogP contribution < -0.4 is 10.6 Å². The Balaban J connectivity index is 5.22. The fourth-order valence-corrected chi connectivity index (χ4v) is 4.59. The number of aliphatic carboxylic acids is 2. The molecule has 0 radical (unpaired) electrons. The molecule has 138 valence electrons. The van der Waals surface area contributed by atoms with Gasteiger partial charge in [-0.2, -0.15) is 0 Å². The first-order valence-electron chi connectivity index (χ1n) is 7.07. The number of carbonyl (C=O) groups is 4. The topological polar surface area (TPSA) is 133 Å². The molecule has 0 spiro atoms. The lowest BCUT2D eigenvalue weighted by Gasteiger charge is -2.36. The van der Waals surface area contributed by atoms with E-state index in [0.29, 0.717) is 0 Å². The van der Waals surface area contributed by atoms with E-state index in [2.05, 4.69) is 10.6 Å². The third-order valence-electron chi connectivity index (χ3n) is 3.05. The van der Waals surface area contributed by atoms with Crippen molar-refractivity contribution in [2.45, 2.75) is 63.1 Å². The Morgan fingerprint density at radius 2 is 1.00 bits per heavy atom. The summed E-state index contributed by atoms with van der Waals surface area (Å²) in [6, 6.07) is -2.29. The average molecular weight is 380 g/mol. The van der Waals surface area contributed by atoms with Gasteiger partial charge in [-0.3, -0.25) is 9.59 Å². The van der Waals surface area contributed by atoms with E-state index in [1.165, 1.54) is 13.8 Å². The average Bonchev–Trinajstić information content (AvgIpc) is 2.39. The molecule has 0 saturated heterocycles. The fraction of sp³-hybridized carbons (Fsp3) is 0.714. The van der Waals surface area contributed by atoms with Crippen molar-refractivity contribution < 1.29 is 29.4 Å². The van der Waals surface area contributed by atoms with Crippen LogP contribution >= 0.6 is 21.6 Å². The van der Waals surface area contributed by atoms with Gasteiger partial charge in [-0.15, -0.1) is 0 Å². The number of carboxylic acid groups (broad SMARTS) is 2. The van der Waals surface area contributed by atoms with Gasteiger partial charge in [0, 0.05) is 13.8 Å². The third-order valence-corrected chi connectivity index (χ3v) is 7.29. The molecule has 10 heteroatoms. The molecule has 0 aromatic heterocycles. The fourth-order valence-electron chi connectivity index (χ4n) is 1.78. The van der Waals surface area contributed by atoms with Crippen molar-refractivity contribution >= 4 is 45.3 Å². The zero-order valence-corrected chi connectivity index (χ0v) is 16.1. The molecular weight excluding hydrogens is 356 g/mol. The summed E-state index contributed by atoms with van der Waals surface area (Å²) >= 11 is 0. The van der Waals surface area contributed by atoms with Gasteiger partial charge >= 0.3 is 11.9 Å². The van der Waals surface area contributed by atoms with Gasteiger partial charge in [-0.05, 0) is 27.7 Å². The molecule has 0 unspecified atom stereocenters. The zero-order chi connectivity index (χ0) is 19.3. The van der Waals surface area contributed by atoms with Crippen molar-refractivity contribution in [3.05, 3.63) is 0 Å². The smallest absolute Gasteiger partial charge is 0.327 e. The quantitative estimate of drug-likeness (QED) is 0.437. The number of carboxylic acids is 2. The minimum Gasteiger partial charge on any atom is -0.480 e. The van der Waals surface area contributed by atoms with Crippen LogP contribution in [0, 0.1) is 0 Å². The minimum absolute atomic E-state index is 0.470. The van der Waals surface area contributed by atoms with Crippen LogP contribution in [0.2, 0.25) is 0 Å². The van der Waals surface area contributed by atoms with Gasteiger partial charge in [0.15, 0.2) is 0 Å². The summed E-state index contributed by atoms with van der Waals surface area (Å²) in [5, 5.41) is 23.4. The van der Waals surface area contributed by atoms with Crippen molar-refractivity contribution in [2.24, 2.45) is 0 Å². The Morgan fingerprint density at radius 3 is 1.17 bits per heavy atom. The van der Waals surface area contributed by atoms with Crippen molar-refractivity contribution in [3.8, 4) is 0 Å². The molecule has 0 fully saturated rings. The van der Waals surface area contributed by atoms with Gasteiger partial charge in [0.1, 0.15) is 12.1 Å². The number of hydrogen-bond donors (Lipinski definition) is 4. The summed E-state index contributed by atoms with van der Waals surface area (Å²) in [6.07, 6.45) is 0. The highest BCUT2D eigenvalue weighted by molar-refractivity contribution is 8.77. The van der Waals surface area contributed by atoms with E-state index in [1.54, 1.807) is 27.7 Å². The number of amides is 2. The first kappa shape index (κ1) is 22.6. The summed E-state index contributed by atoms with van der Waals surface area (Å²) in [5.74, 6) is -3.31. The van der Waals surface area contributed by atoms with Crippen LogP contribution in [0.4, 0.5) is 0 Å². The van der Waals surface area contributed by atoms with E-state index in [4.69, 9.17) is 0 Å². The molecule has 8 nitrogen and oxygen atoms in total. The van der Waals surface area contributed by atoms with Crippen molar-refractivity contribution in [1.82, 2.24) is 10.6 Å². The van der Waals surface area contributed by atoms with Crippen LogP contribution in [-0.2, 0) is 19.2 Å². The first-order chi connectivity index (χ1) is 10.7. The first-order valence-corrected chi connectivity index (χ1v) is 9.22. The predicted molar refractivity (Wildman–Crippen MR) is 93.8 cm³/mol. The Morgan fingerprint density at radius 1 is 0.750 bits per heavy atom. The van der Waals surface area contributed by atoms with Crippen LogP contribution in [0.15, 0.2) is 0 Å². The largest absolute Gasteiger partial charge is 0.480 e. The molecule has 2 amide bonds. The maximum atomic E-state index is 11.4. The van der Waals surface area contributed by atoms with Gasteiger partial charge < -0.3 is 20.8 Å². The van der Waals surface area contributed by atoms with E-state index < -0.39 is 45.3 Å². The molecular formula is C14H24N2O6S2. The van der Waals surface area contributed by atoms with Crippen LogP contribution in [-0.4, -0.2) is 55.5 Å². The summed E-state index contributed by atoms with van der Waals surface area (Å²) in [6.45, 7) is 9.02. The zero-order valence-electron chi connectivity index (χ0n) is 14.5. The highest BCUT2D eigenvalue weighted by atomic mass is 33.1. The van der Waals surface area contributed by atoms with Gasteiger partial charge in [0.05, 0.1) is 9.49 Å². The summed E-state index contributed by atoms with van der Waals surface area (Å²) in [4.78, 5) is 45.2. The van der Waals surface area contributed by atoms with Gasteiger partial charge in [0.2, 0.25) is 11.8 Å². The van der Waals surface area contributed by atoms with E-state index in [0.717, 1.165) is 21.6 Å². The molecule has 24 heavy (non-hydrogen) atoms. The number of carbonyl (C=O) groups excluding carboxylic acids is 2. The van der Waals surface area contributed by atoms with Gasteiger partial charge in [-0.1, -0.05) is 21.6 Å². The SMILES string of the molecule is CC(=O)N[C@@H](C(=O)O)C(C)(C)SSC(C)(C)[C@@H](NC(C)=O)C(=O)O. The lowest BCUT2D eigenvalue weighted by molar-refractivity contribution is -0.142. The molecule has 2 atom stereocenters. The molecule has 0 bridgehead atoms. The second-order valence-corrected chi connectivity index (χ2v) is 9.75. The molecule has 0 aromatic carbocycles. The highest BCUT2D eigenvalue weighted by Crippen LogP contribution is 2.46. The van der Waals surface area contributed by atoms with E-state index in [-0.39, 0.29) is 0 Å². The molecule has 0 aliphatic heterocycles. The molecule has 0 rings (SSSR count). The predicted octanol–water partition coefficient (Wildman–Crippen LogP) is 1.10. The Hall–Kier alpha value is -1.42. The minimum atomic E-state index is -1.18. The number of hydrogen-bond acceptors (Lipinski definition) is 6. The van der Waals surface area contributed by atoms with E-state index in [1.807, 2.05) is 0 Å². The van der Waals surface area contributed by atoms with Crippen molar-refractivity contribution in [2.75, 3.05) is 0 Å². The Bertz CT molecular complexity index is 475. The van der Waals surface area contributed by atoms with E-state index >= 15 is 0 Å². The van der Waals surface area contributed by atoms with Crippen molar-refractivity contribution in [1.29, 1.82) is 0 Å². The molecule has 0 aromatic rings. The maximum Gasteiger partial charge on any atom is 0.327 e. The van der Waals surface area contributed by atoms with Crippen LogP contribution in [0.1, 0.15) is 41.5 Å². The molecule has 0 aliphatic carbocycles. The van der Waals surface area contributed by atoms with Gasteiger partial charge in [-0.25, -0.2) is 9.59 Å². The Labute approximate surface area is 148 Å². The van der Waals surface area contributed by atoms with Crippen LogP contribution in [0.25, 0.3) is 0 Å². The summed E-state index contributed by atoms with van der Waals surface area (Å²) in [7, 11) is 2.29. The molecule has 0 saturated carbocycles. The van der Waals surface area contributed by atoms with E-state index in [9.17, 15) is 29.4 Å². The molecule has 4 N–H and O–H groups in total. The normalized spacial score (nSPS) is 14.4. The second kappa shape index (κ2) is 8.61. The molecule has 0 heterocycles. The summed E-state index contributed by atoms with van der Waals surface area (Å²) < 4.78 is -1.84. The monoisotopic (exact) mass is 380 g/mol. The van der Waals surface area contributed by atoms with Crippen molar-refractivity contribution in [3.63, 3.8) is 0 Å².